The van der Waals surface area contributed by atoms with E-state index in [2.05, 4.69) is 34.2 Å². The minimum absolute atomic E-state index is 0.502. The molecule has 5 nitrogen and oxygen atoms in total. The molecule has 108 valence electrons. The summed E-state index contributed by atoms with van der Waals surface area (Å²) in [5.74, 6) is 0.533. The molecule has 1 heterocycles. The molecule has 2 rings (SSSR count). The Morgan fingerprint density at radius 2 is 2.00 bits per heavy atom. The molecule has 5 heteroatoms. The number of rotatable bonds is 5. The van der Waals surface area contributed by atoms with E-state index in [1.807, 2.05) is 6.07 Å². The van der Waals surface area contributed by atoms with Gasteiger partial charge in [-0.25, -0.2) is 0 Å². The molecule has 1 aliphatic rings. The normalized spacial score (nSPS) is 17.6. The molecule has 0 atom stereocenters. The first-order chi connectivity index (χ1) is 9.70. The van der Waals surface area contributed by atoms with Crippen LogP contribution in [0.3, 0.4) is 0 Å². The number of amidine groups is 1. The highest BCUT2D eigenvalue weighted by Crippen LogP contribution is 2.16. The zero-order chi connectivity index (χ0) is 14.4. The Bertz CT molecular complexity index is 492. The van der Waals surface area contributed by atoms with E-state index in [1.54, 1.807) is 0 Å². The van der Waals surface area contributed by atoms with E-state index < -0.39 is 0 Å². The van der Waals surface area contributed by atoms with Gasteiger partial charge in [0.2, 0.25) is 0 Å². The highest BCUT2D eigenvalue weighted by Gasteiger charge is 2.19. The molecule has 0 spiro atoms. The molecular formula is C15H23N5. The van der Waals surface area contributed by atoms with Gasteiger partial charge in [0.15, 0.2) is 0 Å². The van der Waals surface area contributed by atoms with Crippen molar-refractivity contribution in [3.05, 3.63) is 47.2 Å². The van der Waals surface area contributed by atoms with Crippen molar-refractivity contribution in [3.8, 4) is 0 Å². The lowest BCUT2D eigenvalue weighted by atomic mass is 10.0. The second kappa shape index (κ2) is 7.07. The summed E-state index contributed by atoms with van der Waals surface area (Å²) in [6.07, 6.45) is 0.834. The van der Waals surface area contributed by atoms with Gasteiger partial charge in [-0.3, -0.25) is 9.89 Å². The number of nitrogens with two attached hydrogens (primary N) is 3. The number of hydrogen-bond donors (Lipinski definition) is 3. The number of nitrogens with zero attached hydrogens (tertiary/aromatic N) is 2. The highest BCUT2D eigenvalue weighted by molar-refractivity contribution is 5.98. The fourth-order valence-electron chi connectivity index (χ4n) is 2.34. The van der Waals surface area contributed by atoms with Crippen LogP contribution in [0.1, 0.15) is 12.0 Å². The quantitative estimate of drug-likeness (QED) is 0.535. The third kappa shape index (κ3) is 3.82. The molecule has 0 radical (unpaired) electrons. The first-order valence-corrected chi connectivity index (χ1v) is 6.95. The van der Waals surface area contributed by atoms with Crippen LogP contribution in [0.2, 0.25) is 0 Å². The zero-order valence-electron chi connectivity index (χ0n) is 11.8. The smallest absolute Gasteiger partial charge is 0.124 e. The van der Waals surface area contributed by atoms with Crippen molar-refractivity contribution >= 4 is 5.84 Å². The summed E-state index contributed by atoms with van der Waals surface area (Å²) < 4.78 is 0. The summed E-state index contributed by atoms with van der Waals surface area (Å²) >= 11 is 0. The molecular weight excluding hydrogens is 250 g/mol. The molecule has 6 N–H and O–H groups in total. The van der Waals surface area contributed by atoms with Crippen molar-refractivity contribution in [2.75, 3.05) is 26.2 Å². The standard InChI is InChI=1S/C15H23N5/c16-7-8-19-15(18)13-11-20(9-6-14(13)17)10-12-4-2-1-3-5-12/h1-5H,6-11,16-17H2,(H2,18,19). The maximum absolute atomic E-state index is 6.07. The lowest BCUT2D eigenvalue weighted by Crippen LogP contribution is -2.37. The number of aliphatic imine (C=N–C) groups is 1. The van der Waals surface area contributed by atoms with E-state index in [-0.39, 0.29) is 0 Å². The van der Waals surface area contributed by atoms with Crippen LogP contribution in [-0.4, -0.2) is 36.9 Å². The van der Waals surface area contributed by atoms with Crippen molar-refractivity contribution in [3.63, 3.8) is 0 Å². The zero-order valence-corrected chi connectivity index (χ0v) is 11.8. The van der Waals surface area contributed by atoms with Gasteiger partial charge in [-0.2, -0.15) is 0 Å². The van der Waals surface area contributed by atoms with E-state index in [1.165, 1.54) is 5.56 Å². The first kappa shape index (κ1) is 14.6. The molecule has 0 saturated carbocycles. The van der Waals surface area contributed by atoms with Gasteiger partial charge in [-0.05, 0) is 5.56 Å². The summed E-state index contributed by atoms with van der Waals surface area (Å²) in [5, 5.41) is 0. The molecule has 0 bridgehead atoms. The summed E-state index contributed by atoms with van der Waals surface area (Å²) in [4.78, 5) is 6.60. The predicted octanol–water partition coefficient (Wildman–Crippen LogP) is 0.421. The van der Waals surface area contributed by atoms with Crippen molar-refractivity contribution in [1.82, 2.24) is 4.90 Å². The Balaban J connectivity index is 2.04. The minimum atomic E-state index is 0.502. The summed E-state index contributed by atoms with van der Waals surface area (Å²) in [6, 6.07) is 10.4. The van der Waals surface area contributed by atoms with Crippen LogP contribution in [-0.2, 0) is 6.54 Å². The van der Waals surface area contributed by atoms with Gasteiger partial charge >= 0.3 is 0 Å². The summed E-state index contributed by atoms with van der Waals surface area (Å²) in [7, 11) is 0. The van der Waals surface area contributed by atoms with Gasteiger partial charge in [0.25, 0.3) is 0 Å². The minimum Gasteiger partial charge on any atom is -0.402 e. The lowest BCUT2D eigenvalue weighted by Gasteiger charge is -2.29. The Morgan fingerprint density at radius 1 is 1.25 bits per heavy atom. The van der Waals surface area contributed by atoms with Crippen LogP contribution in [0.25, 0.3) is 0 Å². The largest absolute Gasteiger partial charge is 0.402 e. The van der Waals surface area contributed by atoms with Gasteiger partial charge in [-0.15, -0.1) is 0 Å². The van der Waals surface area contributed by atoms with Crippen LogP contribution in [0.15, 0.2) is 46.6 Å². The summed E-state index contributed by atoms with van der Waals surface area (Å²) in [5.41, 5.74) is 20.6. The molecule has 0 aromatic heterocycles. The molecule has 0 fully saturated rings. The van der Waals surface area contributed by atoms with E-state index in [9.17, 15) is 0 Å². The van der Waals surface area contributed by atoms with Crippen molar-refractivity contribution in [1.29, 1.82) is 0 Å². The molecule has 1 aromatic carbocycles. The third-order valence-corrected chi connectivity index (χ3v) is 3.44. The molecule has 1 aromatic rings. The Hall–Kier alpha value is -1.85. The van der Waals surface area contributed by atoms with E-state index in [4.69, 9.17) is 17.2 Å². The monoisotopic (exact) mass is 273 g/mol. The molecule has 0 unspecified atom stereocenters. The van der Waals surface area contributed by atoms with Crippen LogP contribution in [0.4, 0.5) is 0 Å². The van der Waals surface area contributed by atoms with Gasteiger partial charge in [-0.1, -0.05) is 30.3 Å². The summed E-state index contributed by atoms with van der Waals surface area (Å²) in [6.45, 7) is 3.65. The fraction of sp³-hybridized carbons (Fsp3) is 0.400. The topological polar surface area (TPSA) is 93.7 Å². The van der Waals surface area contributed by atoms with E-state index >= 15 is 0 Å². The molecule has 20 heavy (non-hydrogen) atoms. The van der Waals surface area contributed by atoms with Crippen LogP contribution < -0.4 is 17.2 Å². The average molecular weight is 273 g/mol. The molecule has 0 amide bonds. The first-order valence-electron chi connectivity index (χ1n) is 6.95. The maximum atomic E-state index is 6.07. The average Bonchev–Trinajstić information content (AvgIpc) is 2.48. The molecule has 1 aliphatic heterocycles. The Kier molecular flexibility index (Phi) is 5.15. The van der Waals surface area contributed by atoms with Crippen LogP contribution in [0, 0.1) is 0 Å². The van der Waals surface area contributed by atoms with Gasteiger partial charge in [0.1, 0.15) is 5.84 Å². The Labute approximate surface area is 120 Å². The maximum Gasteiger partial charge on any atom is 0.124 e. The molecule has 0 saturated heterocycles. The lowest BCUT2D eigenvalue weighted by molar-refractivity contribution is 0.280. The second-order valence-electron chi connectivity index (χ2n) is 5.01. The number of benzene rings is 1. The van der Waals surface area contributed by atoms with Gasteiger partial charge in [0.05, 0.1) is 6.54 Å². The van der Waals surface area contributed by atoms with Crippen LogP contribution in [0.5, 0.6) is 0 Å². The van der Waals surface area contributed by atoms with Crippen LogP contribution >= 0.6 is 0 Å². The van der Waals surface area contributed by atoms with Crippen molar-refractivity contribution < 1.29 is 0 Å². The predicted molar refractivity (Wildman–Crippen MR) is 83.1 cm³/mol. The third-order valence-electron chi connectivity index (χ3n) is 3.44. The van der Waals surface area contributed by atoms with Gasteiger partial charge < -0.3 is 17.2 Å². The second-order valence-corrected chi connectivity index (χ2v) is 5.01. The highest BCUT2D eigenvalue weighted by atomic mass is 15.1. The van der Waals surface area contributed by atoms with Crippen molar-refractivity contribution in [2.24, 2.45) is 22.2 Å². The fourth-order valence-corrected chi connectivity index (χ4v) is 2.34. The number of hydrogen-bond acceptors (Lipinski definition) is 4. The van der Waals surface area contributed by atoms with Crippen molar-refractivity contribution in [2.45, 2.75) is 13.0 Å². The van der Waals surface area contributed by atoms with E-state index in [0.717, 1.165) is 37.3 Å². The van der Waals surface area contributed by atoms with E-state index in [0.29, 0.717) is 18.9 Å². The molecule has 0 aliphatic carbocycles. The SMILES string of the molecule is NCCN=C(N)C1=C(N)CCN(Cc2ccccc2)C1. The Morgan fingerprint density at radius 3 is 2.70 bits per heavy atom. The van der Waals surface area contributed by atoms with Gasteiger partial charge in [0, 0.05) is 43.9 Å².